The van der Waals surface area contributed by atoms with Crippen molar-refractivity contribution in [1.29, 1.82) is 0 Å². The van der Waals surface area contributed by atoms with Crippen LogP contribution in [0.25, 0.3) is 6.08 Å². The molecule has 0 amide bonds. The van der Waals surface area contributed by atoms with Gasteiger partial charge in [-0.2, -0.15) is 0 Å². The summed E-state index contributed by atoms with van der Waals surface area (Å²) in [6.07, 6.45) is 1.54. The third kappa shape index (κ3) is 3.18. The Morgan fingerprint density at radius 3 is 2.58 bits per heavy atom. The van der Waals surface area contributed by atoms with Crippen molar-refractivity contribution in [2.75, 3.05) is 0 Å². The third-order valence-electron chi connectivity index (χ3n) is 3.37. The second-order valence-corrected chi connectivity index (χ2v) is 5.60. The van der Waals surface area contributed by atoms with Gasteiger partial charge in [-0.1, -0.05) is 29.8 Å². The molecule has 1 heterocycles. The molecule has 0 bridgehead atoms. The number of halogens is 1. The lowest BCUT2D eigenvalue weighted by Gasteiger charge is -2.02. The van der Waals surface area contributed by atoms with Crippen LogP contribution in [0, 0.1) is 17.0 Å². The van der Waals surface area contributed by atoms with Crippen molar-refractivity contribution in [1.82, 2.24) is 0 Å². The van der Waals surface area contributed by atoms with Crippen LogP contribution < -0.4 is 0 Å². The van der Waals surface area contributed by atoms with Gasteiger partial charge in [0.15, 0.2) is 5.70 Å². The van der Waals surface area contributed by atoms with Gasteiger partial charge in [-0.3, -0.25) is 10.1 Å². The van der Waals surface area contributed by atoms with Gasteiger partial charge in [0.2, 0.25) is 5.90 Å². The summed E-state index contributed by atoms with van der Waals surface area (Å²) in [5.74, 6) is -0.730. The monoisotopic (exact) mass is 342 g/mol. The van der Waals surface area contributed by atoms with Crippen LogP contribution in [-0.2, 0) is 9.53 Å². The van der Waals surface area contributed by atoms with Gasteiger partial charge in [0.1, 0.15) is 5.56 Å². The second-order valence-electron chi connectivity index (χ2n) is 5.17. The van der Waals surface area contributed by atoms with Crippen molar-refractivity contribution in [3.63, 3.8) is 0 Å². The molecule has 0 saturated heterocycles. The fourth-order valence-electron chi connectivity index (χ4n) is 2.22. The lowest BCUT2D eigenvalue weighted by molar-refractivity contribution is -0.385. The first-order valence-corrected chi connectivity index (χ1v) is 7.35. The fraction of sp³-hybridized carbons (Fsp3) is 0.0588. The molecule has 0 fully saturated rings. The van der Waals surface area contributed by atoms with E-state index < -0.39 is 10.9 Å². The molecule has 2 aromatic carbocycles. The van der Waals surface area contributed by atoms with E-state index in [9.17, 15) is 14.9 Å². The number of esters is 1. The maximum Gasteiger partial charge on any atom is 0.363 e. The van der Waals surface area contributed by atoms with Crippen molar-refractivity contribution < 1.29 is 14.5 Å². The van der Waals surface area contributed by atoms with Crippen molar-refractivity contribution >= 4 is 35.2 Å². The van der Waals surface area contributed by atoms with E-state index >= 15 is 0 Å². The van der Waals surface area contributed by atoms with Gasteiger partial charge in [-0.25, -0.2) is 9.79 Å². The molecule has 6 nitrogen and oxygen atoms in total. The van der Waals surface area contributed by atoms with Gasteiger partial charge >= 0.3 is 5.97 Å². The highest BCUT2D eigenvalue weighted by Gasteiger charge is 2.29. The summed E-state index contributed by atoms with van der Waals surface area (Å²) < 4.78 is 5.11. The molecule has 0 aromatic heterocycles. The van der Waals surface area contributed by atoms with E-state index in [2.05, 4.69) is 4.99 Å². The van der Waals surface area contributed by atoms with E-state index in [1.165, 1.54) is 12.1 Å². The first kappa shape index (κ1) is 15.9. The number of cyclic esters (lactones) is 1. The van der Waals surface area contributed by atoms with Gasteiger partial charge in [0.05, 0.1) is 4.92 Å². The SMILES string of the molecule is Cc1ccc([N+](=O)[O-])c(C2=NC(=Cc3ccc(Cl)cc3)C(=O)O2)c1. The number of nitrogens with zero attached hydrogens (tertiary/aromatic N) is 2. The Morgan fingerprint density at radius 2 is 1.92 bits per heavy atom. The number of aryl methyl sites for hydroxylation is 1. The molecule has 0 spiro atoms. The smallest absolute Gasteiger partial charge is 0.363 e. The van der Waals surface area contributed by atoms with E-state index in [0.29, 0.717) is 5.02 Å². The lowest BCUT2D eigenvalue weighted by atomic mass is 10.1. The van der Waals surface area contributed by atoms with E-state index in [-0.39, 0.29) is 22.8 Å². The van der Waals surface area contributed by atoms with Crippen molar-refractivity contribution in [3.05, 3.63) is 80.0 Å². The Hall–Kier alpha value is -2.99. The summed E-state index contributed by atoms with van der Waals surface area (Å²) in [6.45, 7) is 1.79. The predicted octanol–water partition coefficient (Wildman–Crippen LogP) is 3.90. The van der Waals surface area contributed by atoms with Crippen LogP contribution in [0.5, 0.6) is 0 Å². The first-order valence-electron chi connectivity index (χ1n) is 6.97. The largest absolute Gasteiger partial charge is 0.402 e. The summed E-state index contributed by atoms with van der Waals surface area (Å²) in [4.78, 5) is 26.7. The molecule has 0 aliphatic carbocycles. The Morgan fingerprint density at radius 1 is 1.21 bits per heavy atom. The number of carbonyl (C=O) groups excluding carboxylic acids is 1. The van der Waals surface area contributed by atoms with Crippen molar-refractivity contribution in [3.8, 4) is 0 Å². The highest BCUT2D eigenvalue weighted by Crippen LogP contribution is 2.26. The lowest BCUT2D eigenvalue weighted by Crippen LogP contribution is -2.08. The van der Waals surface area contributed by atoms with Gasteiger partial charge in [0, 0.05) is 11.1 Å². The Labute approximate surface area is 142 Å². The molecule has 1 aliphatic heterocycles. The zero-order valence-corrected chi connectivity index (χ0v) is 13.3. The number of hydrogen-bond acceptors (Lipinski definition) is 5. The standard InChI is InChI=1S/C17H11ClN2O4/c1-10-2-7-15(20(22)23)13(8-10)16-19-14(17(21)24-16)9-11-3-5-12(18)6-4-11/h2-9H,1H3. The van der Waals surface area contributed by atoms with Crippen LogP contribution in [0.2, 0.25) is 5.02 Å². The van der Waals surface area contributed by atoms with E-state index in [0.717, 1.165) is 11.1 Å². The summed E-state index contributed by atoms with van der Waals surface area (Å²) in [6, 6.07) is 11.4. The highest BCUT2D eigenvalue weighted by atomic mass is 35.5. The van der Waals surface area contributed by atoms with Gasteiger partial charge in [-0.15, -0.1) is 0 Å². The topological polar surface area (TPSA) is 81.8 Å². The molecule has 120 valence electrons. The molecule has 1 aliphatic rings. The molecular formula is C17H11ClN2O4. The van der Waals surface area contributed by atoms with Crippen LogP contribution in [0.3, 0.4) is 0 Å². The number of carbonyl (C=O) groups is 1. The third-order valence-corrected chi connectivity index (χ3v) is 3.63. The van der Waals surface area contributed by atoms with Gasteiger partial charge in [0.25, 0.3) is 5.69 Å². The Bertz CT molecular complexity index is 901. The summed E-state index contributed by atoms with van der Waals surface area (Å²) >= 11 is 5.82. The second kappa shape index (κ2) is 6.25. The number of hydrogen-bond donors (Lipinski definition) is 0. The Kier molecular flexibility index (Phi) is 4.14. The average Bonchev–Trinajstić information content (AvgIpc) is 2.90. The molecule has 0 saturated carbocycles. The van der Waals surface area contributed by atoms with Crippen LogP contribution in [0.4, 0.5) is 5.69 Å². The molecule has 0 radical (unpaired) electrons. The van der Waals surface area contributed by atoms with Gasteiger partial charge in [-0.05, 0) is 42.3 Å². The molecule has 24 heavy (non-hydrogen) atoms. The van der Waals surface area contributed by atoms with E-state index in [4.69, 9.17) is 16.3 Å². The minimum absolute atomic E-state index is 0.0723. The average molecular weight is 343 g/mol. The van der Waals surface area contributed by atoms with Crippen LogP contribution in [0.1, 0.15) is 16.7 Å². The van der Waals surface area contributed by atoms with E-state index in [1.54, 1.807) is 43.3 Å². The number of benzene rings is 2. The highest BCUT2D eigenvalue weighted by molar-refractivity contribution is 6.30. The quantitative estimate of drug-likeness (QED) is 0.366. The number of aliphatic imine (C=N–C) groups is 1. The normalized spacial score (nSPS) is 15.3. The molecule has 0 atom stereocenters. The van der Waals surface area contributed by atoms with Crippen LogP contribution in [-0.4, -0.2) is 16.8 Å². The number of rotatable bonds is 3. The number of nitro benzene ring substituents is 1. The van der Waals surface area contributed by atoms with Crippen molar-refractivity contribution in [2.24, 2.45) is 4.99 Å². The van der Waals surface area contributed by atoms with Crippen LogP contribution in [0.15, 0.2) is 53.2 Å². The maximum absolute atomic E-state index is 12.0. The van der Waals surface area contributed by atoms with Gasteiger partial charge < -0.3 is 4.74 Å². The van der Waals surface area contributed by atoms with Crippen molar-refractivity contribution in [2.45, 2.75) is 6.92 Å². The first-order chi connectivity index (χ1) is 11.4. The fourth-order valence-corrected chi connectivity index (χ4v) is 2.35. The predicted molar refractivity (Wildman–Crippen MR) is 89.9 cm³/mol. The molecule has 0 unspecified atom stereocenters. The summed E-state index contributed by atoms with van der Waals surface area (Å²) in [7, 11) is 0. The number of nitro groups is 1. The summed E-state index contributed by atoms with van der Waals surface area (Å²) in [5, 5.41) is 11.7. The summed E-state index contributed by atoms with van der Waals surface area (Å²) in [5.41, 5.74) is 1.59. The zero-order valence-electron chi connectivity index (χ0n) is 12.5. The molecule has 3 rings (SSSR count). The maximum atomic E-state index is 12.0. The molecule has 2 aromatic rings. The minimum atomic E-state index is -0.657. The minimum Gasteiger partial charge on any atom is -0.402 e. The van der Waals surface area contributed by atoms with Crippen LogP contribution >= 0.6 is 11.6 Å². The zero-order chi connectivity index (χ0) is 17.3. The number of ether oxygens (including phenoxy) is 1. The molecule has 7 heteroatoms. The molecular weight excluding hydrogens is 332 g/mol. The van der Waals surface area contributed by atoms with E-state index in [1.807, 2.05) is 0 Å². The molecule has 0 N–H and O–H groups in total. The Balaban J connectivity index is 2.02.